The summed E-state index contributed by atoms with van der Waals surface area (Å²) >= 11 is 1.45. The SMILES string of the molecule is Cc1cc(C(=O)Nc2nc(C(C)(C)C)cs2)n(C(C)C)n1. The molecule has 2 aromatic rings. The summed E-state index contributed by atoms with van der Waals surface area (Å²) in [4.78, 5) is 16.9. The zero-order valence-corrected chi connectivity index (χ0v) is 14.2. The van der Waals surface area contributed by atoms with Crippen LogP contribution in [0.1, 0.15) is 62.5 Å². The first kappa shape index (κ1) is 15.7. The smallest absolute Gasteiger partial charge is 0.275 e. The van der Waals surface area contributed by atoms with Gasteiger partial charge in [-0.1, -0.05) is 20.8 Å². The van der Waals surface area contributed by atoms with E-state index in [-0.39, 0.29) is 17.4 Å². The van der Waals surface area contributed by atoms with Crippen LogP contribution in [-0.2, 0) is 5.41 Å². The van der Waals surface area contributed by atoms with Crippen molar-refractivity contribution in [2.24, 2.45) is 0 Å². The summed E-state index contributed by atoms with van der Waals surface area (Å²) in [7, 11) is 0. The molecule has 0 spiro atoms. The van der Waals surface area contributed by atoms with Crippen molar-refractivity contribution in [3.8, 4) is 0 Å². The normalized spacial score (nSPS) is 12.0. The number of nitrogens with zero attached hydrogens (tertiary/aromatic N) is 3. The van der Waals surface area contributed by atoms with Crippen LogP contribution in [0.25, 0.3) is 0 Å². The molecule has 2 heterocycles. The number of aryl methyl sites for hydroxylation is 1. The van der Waals surface area contributed by atoms with E-state index in [4.69, 9.17) is 0 Å². The largest absolute Gasteiger partial charge is 0.296 e. The monoisotopic (exact) mass is 306 g/mol. The van der Waals surface area contributed by atoms with Crippen molar-refractivity contribution in [3.05, 3.63) is 28.5 Å². The minimum Gasteiger partial charge on any atom is -0.296 e. The summed E-state index contributed by atoms with van der Waals surface area (Å²) in [6.45, 7) is 12.2. The van der Waals surface area contributed by atoms with E-state index in [1.807, 2.05) is 26.2 Å². The van der Waals surface area contributed by atoms with E-state index < -0.39 is 0 Å². The fourth-order valence-electron chi connectivity index (χ4n) is 1.92. The van der Waals surface area contributed by atoms with E-state index in [9.17, 15) is 4.79 Å². The molecule has 0 aliphatic carbocycles. The Balaban J connectivity index is 2.21. The van der Waals surface area contributed by atoms with Gasteiger partial charge < -0.3 is 0 Å². The maximum absolute atomic E-state index is 12.4. The van der Waals surface area contributed by atoms with E-state index in [0.29, 0.717) is 10.8 Å². The van der Waals surface area contributed by atoms with Gasteiger partial charge in [0.1, 0.15) is 5.69 Å². The highest BCUT2D eigenvalue weighted by Crippen LogP contribution is 2.26. The van der Waals surface area contributed by atoms with Crippen LogP contribution in [0, 0.1) is 6.92 Å². The summed E-state index contributed by atoms with van der Waals surface area (Å²) in [5.74, 6) is -0.167. The van der Waals surface area contributed by atoms with E-state index in [2.05, 4.69) is 36.2 Å². The highest BCUT2D eigenvalue weighted by molar-refractivity contribution is 7.14. The Morgan fingerprint density at radius 2 is 2.05 bits per heavy atom. The van der Waals surface area contributed by atoms with Gasteiger partial charge in [0.15, 0.2) is 5.13 Å². The Labute approximate surface area is 129 Å². The Morgan fingerprint density at radius 3 is 2.57 bits per heavy atom. The fraction of sp³-hybridized carbons (Fsp3) is 0.533. The van der Waals surface area contributed by atoms with Crippen LogP contribution in [0.5, 0.6) is 0 Å². The minimum atomic E-state index is -0.167. The lowest BCUT2D eigenvalue weighted by Crippen LogP contribution is -2.19. The Kier molecular flexibility index (Phi) is 4.18. The molecule has 0 atom stereocenters. The number of nitrogens with one attached hydrogen (secondary N) is 1. The number of rotatable bonds is 3. The summed E-state index contributed by atoms with van der Waals surface area (Å²) in [6, 6.07) is 1.94. The van der Waals surface area contributed by atoms with Gasteiger partial charge in [-0.3, -0.25) is 14.8 Å². The average Bonchev–Trinajstić information content (AvgIpc) is 2.94. The second-order valence-corrected chi connectivity index (χ2v) is 7.31. The first-order chi connectivity index (χ1) is 9.68. The quantitative estimate of drug-likeness (QED) is 0.938. The van der Waals surface area contributed by atoms with Gasteiger partial charge in [-0.05, 0) is 26.8 Å². The average molecular weight is 306 g/mol. The van der Waals surface area contributed by atoms with Crippen molar-refractivity contribution in [3.63, 3.8) is 0 Å². The molecule has 5 nitrogen and oxygen atoms in total. The third-order valence-electron chi connectivity index (χ3n) is 3.07. The van der Waals surface area contributed by atoms with Crippen LogP contribution in [0.15, 0.2) is 11.4 Å². The Hall–Kier alpha value is -1.69. The van der Waals surface area contributed by atoms with Gasteiger partial charge in [-0.15, -0.1) is 11.3 Å². The fourth-order valence-corrected chi connectivity index (χ4v) is 2.85. The van der Waals surface area contributed by atoms with Crippen molar-refractivity contribution in [1.82, 2.24) is 14.8 Å². The molecule has 21 heavy (non-hydrogen) atoms. The van der Waals surface area contributed by atoms with Crippen molar-refractivity contribution in [1.29, 1.82) is 0 Å². The standard InChI is InChI=1S/C15H22N4OS/c1-9(2)19-11(7-10(3)18-19)13(20)17-14-16-12(8-21-14)15(4,5)6/h7-9H,1-6H3,(H,16,17,20). The zero-order chi connectivity index (χ0) is 15.8. The molecule has 0 aliphatic heterocycles. The van der Waals surface area contributed by atoms with E-state index >= 15 is 0 Å². The predicted molar refractivity (Wildman–Crippen MR) is 86.1 cm³/mol. The van der Waals surface area contributed by atoms with Crippen LogP contribution in [0.4, 0.5) is 5.13 Å². The van der Waals surface area contributed by atoms with Crippen molar-refractivity contribution < 1.29 is 4.79 Å². The first-order valence-corrected chi connectivity index (χ1v) is 7.90. The third kappa shape index (κ3) is 3.50. The molecule has 0 fully saturated rings. The summed E-state index contributed by atoms with van der Waals surface area (Å²) in [5.41, 5.74) is 2.37. The van der Waals surface area contributed by atoms with Crippen LogP contribution in [0.2, 0.25) is 0 Å². The lowest BCUT2D eigenvalue weighted by Gasteiger charge is -2.14. The molecule has 0 unspecified atom stereocenters. The third-order valence-corrected chi connectivity index (χ3v) is 3.83. The number of carbonyl (C=O) groups is 1. The number of carbonyl (C=O) groups excluding carboxylic acids is 1. The van der Waals surface area contributed by atoms with Crippen LogP contribution >= 0.6 is 11.3 Å². The molecular formula is C15H22N4OS. The van der Waals surface area contributed by atoms with Crippen LogP contribution in [-0.4, -0.2) is 20.7 Å². The van der Waals surface area contributed by atoms with Crippen molar-refractivity contribution in [2.45, 2.75) is 53.0 Å². The number of anilines is 1. The molecule has 0 saturated carbocycles. The van der Waals surface area contributed by atoms with Gasteiger partial charge in [0.2, 0.25) is 0 Å². The molecular weight excluding hydrogens is 284 g/mol. The van der Waals surface area contributed by atoms with Gasteiger partial charge in [0, 0.05) is 16.8 Å². The number of thiazole rings is 1. The number of hydrogen-bond donors (Lipinski definition) is 1. The molecule has 0 bridgehead atoms. The van der Waals surface area contributed by atoms with E-state index in [1.54, 1.807) is 10.7 Å². The number of amides is 1. The molecule has 0 aliphatic rings. The highest BCUT2D eigenvalue weighted by atomic mass is 32.1. The van der Waals surface area contributed by atoms with Crippen LogP contribution < -0.4 is 5.32 Å². The van der Waals surface area contributed by atoms with E-state index in [0.717, 1.165) is 11.4 Å². The van der Waals surface area contributed by atoms with Gasteiger partial charge in [-0.2, -0.15) is 5.10 Å². The van der Waals surface area contributed by atoms with Gasteiger partial charge >= 0.3 is 0 Å². The molecule has 2 aromatic heterocycles. The van der Waals surface area contributed by atoms with Crippen molar-refractivity contribution >= 4 is 22.4 Å². The van der Waals surface area contributed by atoms with E-state index in [1.165, 1.54) is 11.3 Å². The molecule has 6 heteroatoms. The Bertz CT molecular complexity index is 649. The number of aromatic nitrogens is 3. The molecule has 1 amide bonds. The number of hydrogen-bond acceptors (Lipinski definition) is 4. The summed E-state index contributed by atoms with van der Waals surface area (Å²) in [6.07, 6.45) is 0. The zero-order valence-electron chi connectivity index (χ0n) is 13.4. The molecule has 114 valence electrons. The lowest BCUT2D eigenvalue weighted by molar-refractivity contribution is 0.101. The maximum atomic E-state index is 12.4. The second-order valence-electron chi connectivity index (χ2n) is 6.45. The molecule has 0 radical (unpaired) electrons. The first-order valence-electron chi connectivity index (χ1n) is 7.02. The topological polar surface area (TPSA) is 59.8 Å². The molecule has 0 aromatic carbocycles. The van der Waals surface area contributed by atoms with Crippen molar-refractivity contribution in [2.75, 3.05) is 5.32 Å². The highest BCUT2D eigenvalue weighted by Gasteiger charge is 2.20. The van der Waals surface area contributed by atoms with Gasteiger partial charge in [0.25, 0.3) is 5.91 Å². The summed E-state index contributed by atoms with van der Waals surface area (Å²) < 4.78 is 1.74. The lowest BCUT2D eigenvalue weighted by atomic mass is 9.93. The molecule has 0 saturated heterocycles. The second kappa shape index (κ2) is 5.60. The molecule has 2 rings (SSSR count). The minimum absolute atomic E-state index is 0.0181. The predicted octanol–water partition coefficient (Wildman–Crippen LogP) is 3.78. The van der Waals surface area contributed by atoms with Gasteiger partial charge in [-0.25, -0.2) is 4.98 Å². The molecule has 1 N–H and O–H groups in total. The maximum Gasteiger partial charge on any atom is 0.275 e. The van der Waals surface area contributed by atoms with Gasteiger partial charge in [0.05, 0.1) is 11.4 Å². The summed E-state index contributed by atoms with van der Waals surface area (Å²) in [5, 5.41) is 9.83. The van der Waals surface area contributed by atoms with Crippen LogP contribution in [0.3, 0.4) is 0 Å². The Morgan fingerprint density at radius 1 is 1.38 bits per heavy atom.